The first-order valence-electron chi connectivity index (χ1n) is 5.96. The number of benzene rings is 1. The Hall–Kier alpha value is -2.42. The summed E-state index contributed by atoms with van der Waals surface area (Å²) in [5.41, 5.74) is 5.27. The van der Waals surface area contributed by atoms with Gasteiger partial charge in [0.25, 0.3) is 0 Å². The SMILES string of the molecule is Cc1ccnc2c1ccc1nc3ccccc3n12. The van der Waals surface area contributed by atoms with Crippen molar-refractivity contribution in [1.29, 1.82) is 0 Å². The number of aryl methyl sites for hydroxylation is 1. The lowest BCUT2D eigenvalue weighted by Gasteiger charge is -2.04. The fourth-order valence-electron chi connectivity index (χ4n) is 2.48. The maximum atomic E-state index is 4.62. The monoisotopic (exact) mass is 233 g/mol. The summed E-state index contributed by atoms with van der Waals surface area (Å²) in [7, 11) is 0. The average Bonchev–Trinajstić information content (AvgIpc) is 2.77. The van der Waals surface area contributed by atoms with E-state index in [0.717, 1.165) is 22.3 Å². The maximum absolute atomic E-state index is 4.62. The Bertz CT molecular complexity index is 890. The van der Waals surface area contributed by atoms with Crippen LogP contribution >= 0.6 is 0 Å². The largest absolute Gasteiger partial charge is 0.276 e. The van der Waals surface area contributed by atoms with E-state index in [1.165, 1.54) is 10.9 Å². The van der Waals surface area contributed by atoms with Gasteiger partial charge < -0.3 is 0 Å². The van der Waals surface area contributed by atoms with Crippen LogP contribution in [0.3, 0.4) is 0 Å². The average molecular weight is 233 g/mol. The van der Waals surface area contributed by atoms with Crippen LogP contribution in [0.1, 0.15) is 5.56 Å². The van der Waals surface area contributed by atoms with Gasteiger partial charge in [-0.15, -0.1) is 0 Å². The van der Waals surface area contributed by atoms with E-state index in [1.54, 1.807) is 0 Å². The highest BCUT2D eigenvalue weighted by Gasteiger charge is 2.08. The van der Waals surface area contributed by atoms with Crippen LogP contribution in [0, 0.1) is 6.92 Å². The van der Waals surface area contributed by atoms with E-state index >= 15 is 0 Å². The Labute approximate surface area is 104 Å². The van der Waals surface area contributed by atoms with E-state index in [0.29, 0.717) is 0 Å². The maximum Gasteiger partial charge on any atom is 0.146 e. The predicted octanol–water partition coefficient (Wildman–Crippen LogP) is 3.34. The number of para-hydroxylation sites is 2. The molecule has 3 nitrogen and oxygen atoms in total. The minimum atomic E-state index is 0.946. The number of nitrogens with zero attached hydrogens (tertiary/aromatic N) is 3. The second-order valence-corrected chi connectivity index (χ2v) is 4.49. The lowest BCUT2D eigenvalue weighted by molar-refractivity contribution is 1.21. The van der Waals surface area contributed by atoms with Gasteiger partial charge >= 0.3 is 0 Å². The van der Waals surface area contributed by atoms with Crippen LogP contribution in [0.2, 0.25) is 0 Å². The van der Waals surface area contributed by atoms with E-state index in [-0.39, 0.29) is 0 Å². The molecule has 0 saturated heterocycles. The van der Waals surface area contributed by atoms with Gasteiger partial charge in [-0.3, -0.25) is 4.40 Å². The van der Waals surface area contributed by atoms with Gasteiger partial charge in [0.1, 0.15) is 11.3 Å². The van der Waals surface area contributed by atoms with Crippen molar-refractivity contribution >= 4 is 27.7 Å². The minimum absolute atomic E-state index is 0.946. The summed E-state index contributed by atoms with van der Waals surface area (Å²) in [6.07, 6.45) is 1.85. The number of hydrogen-bond acceptors (Lipinski definition) is 2. The normalized spacial score (nSPS) is 11.6. The Kier molecular flexibility index (Phi) is 1.75. The van der Waals surface area contributed by atoms with Crippen molar-refractivity contribution in [3.8, 4) is 0 Å². The van der Waals surface area contributed by atoms with Gasteiger partial charge in [0.2, 0.25) is 0 Å². The number of pyridine rings is 2. The lowest BCUT2D eigenvalue weighted by Crippen LogP contribution is -1.92. The van der Waals surface area contributed by atoms with Crippen LogP contribution in [0.25, 0.3) is 27.7 Å². The molecule has 0 atom stereocenters. The Morgan fingerprint density at radius 1 is 1.00 bits per heavy atom. The number of fused-ring (bicyclic) bond motifs is 5. The van der Waals surface area contributed by atoms with Crippen LogP contribution in [0.4, 0.5) is 0 Å². The first kappa shape index (κ1) is 9.59. The van der Waals surface area contributed by atoms with Gasteiger partial charge in [-0.05, 0) is 42.8 Å². The molecule has 0 saturated carbocycles. The Morgan fingerprint density at radius 2 is 1.89 bits per heavy atom. The molecule has 0 aliphatic heterocycles. The summed E-state index contributed by atoms with van der Waals surface area (Å²) in [6.45, 7) is 2.11. The van der Waals surface area contributed by atoms with Crippen molar-refractivity contribution in [2.24, 2.45) is 0 Å². The van der Waals surface area contributed by atoms with Crippen molar-refractivity contribution in [2.75, 3.05) is 0 Å². The summed E-state index contributed by atoms with van der Waals surface area (Å²) in [4.78, 5) is 9.13. The molecule has 0 amide bonds. The quantitative estimate of drug-likeness (QED) is 0.466. The fraction of sp³-hybridized carbons (Fsp3) is 0.0667. The molecule has 3 heterocycles. The van der Waals surface area contributed by atoms with E-state index < -0.39 is 0 Å². The summed E-state index contributed by atoms with van der Waals surface area (Å²) >= 11 is 0. The van der Waals surface area contributed by atoms with Crippen LogP contribution in [-0.2, 0) is 0 Å². The lowest BCUT2D eigenvalue weighted by atomic mass is 10.2. The third-order valence-electron chi connectivity index (χ3n) is 3.38. The molecule has 0 aliphatic carbocycles. The zero-order valence-corrected chi connectivity index (χ0v) is 9.96. The van der Waals surface area contributed by atoms with Crippen molar-refractivity contribution < 1.29 is 0 Å². The van der Waals surface area contributed by atoms with Crippen LogP contribution < -0.4 is 0 Å². The molecule has 4 aromatic rings. The van der Waals surface area contributed by atoms with E-state index in [1.807, 2.05) is 30.5 Å². The molecule has 86 valence electrons. The number of hydrogen-bond donors (Lipinski definition) is 0. The molecule has 0 unspecified atom stereocenters. The molecule has 4 rings (SSSR count). The molecular weight excluding hydrogens is 222 g/mol. The van der Waals surface area contributed by atoms with Crippen LogP contribution in [0.5, 0.6) is 0 Å². The Morgan fingerprint density at radius 3 is 2.83 bits per heavy atom. The standard InChI is InChI=1S/C15H11N3/c1-10-8-9-16-15-11(10)6-7-14-17-12-4-2-3-5-13(12)18(14)15/h2-9H,1H3. The highest BCUT2D eigenvalue weighted by molar-refractivity contribution is 5.89. The van der Waals surface area contributed by atoms with Crippen molar-refractivity contribution in [3.05, 3.63) is 54.2 Å². The highest BCUT2D eigenvalue weighted by Crippen LogP contribution is 2.23. The fourth-order valence-corrected chi connectivity index (χ4v) is 2.48. The molecule has 0 aliphatic rings. The van der Waals surface area contributed by atoms with Crippen molar-refractivity contribution in [1.82, 2.24) is 14.4 Å². The summed E-state index contributed by atoms with van der Waals surface area (Å²) in [5, 5.41) is 1.17. The molecule has 0 radical (unpaired) electrons. The number of rotatable bonds is 0. The second kappa shape index (κ2) is 3.29. The summed E-state index contributed by atoms with van der Waals surface area (Å²) in [6, 6.07) is 14.3. The van der Waals surface area contributed by atoms with Gasteiger partial charge in [0.15, 0.2) is 0 Å². The molecule has 0 bridgehead atoms. The van der Waals surface area contributed by atoms with Gasteiger partial charge in [-0.2, -0.15) is 0 Å². The van der Waals surface area contributed by atoms with Gasteiger partial charge in [0.05, 0.1) is 11.0 Å². The predicted molar refractivity (Wildman–Crippen MR) is 72.7 cm³/mol. The van der Waals surface area contributed by atoms with E-state index in [2.05, 4.69) is 39.5 Å². The molecule has 1 aromatic carbocycles. The molecule has 3 heteroatoms. The van der Waals surface area contributed by atoms with Crippen LogP contribution in [0.15, 0.2) is 48.7 Å². The number of imidazole rings is 1. The summed E-state index contributed by atoms with van der Waals surface area (Å²) in [5.74, 6) is 0. The molecule has 18 heavy (non-hydrogen) atoms. The van der Waals surface area contributed by atoms with E-state index in [4.69, 9.17) is 0 Å². The first-order valence-corrected chi connectivity index (χ1v) is 5.96. The smallest absolute Gasteiger partial charge is 0.146 e. The van der Waals surface area contributed by atoms with Crippen molar-refractivity contribution in [2.45, 2.75) is 6.92 Å². The van der Waals surface area contributed by atoms with Gasteiger partial charge in [-0.1, -0.05) is 12.1 Å². The number of aromatic nitrogens is 3. The topological polar surface area (TPSA) is 30.2 Å². The molecule has 3 aromatic heterocycles. The third-order valence-corrected chi connectivity index (χ3v) is 3.38. The molecule has 0 N–H and O–H groups in total. The first-order chi connectivity index (χ1) is 8.84. The van der Waals surface area contributed by atoms with Gasteiger partial charge in [0, 0.05) is 11.6 Å². The molecular formula is C15H11N3. The second-order valence-electron chi connectivity index (χ2n) is 4.49. The zero-order chi connectivity index (χ0) is 12.1. The van der Waals surface area contributed by atoms with E-state index in [9.17, 15) is 0 Å². The zero-order valence-electron chi connectivity index (χ0n) is 9.96. The highest BCUT2D eigenvalue weighted by atomic mass is 15.1. The molecule has 0 spiro atoms. The van der Waals surface area contributed by atoms with Crippen LogP contribution in [-0.4, -0.2) is 14.4 Å². The molecule has 0 fully saturated rings. The third kappa shape index (κ3) is 1.13. The Balaban J connectivity index is 2.37. The summed E-state index contributed by atoms with van der Waals surface area (Å²) < 4.78 is 2.12. The van der Waals surface area contributed by atoms with Crippen molar-refractivity contribution in [3.63, 3.8) is 0 Å². The van der Waals surface area contributed by atoms with Gasteiger partial charge in [-0.25, -0.2) is 9.97 Å². The minimum Gasteiger partial charge on any atom is -0.276 e.